The Kier molecular flexibility index (Phi) is 4.50. The van der Waals surface area contributed by atoms with Crippen LogP contribution in [0.2, 0.25) is 5.02 Å². The van der Waals surface area contributed by atoms with E-state index in [4.69, 9.17) is 11.6 Å². The Morgan fingerprint density at radius 1 is 1.38 bits per heavy atom. The van der Waals surface area contributed by atoms with E-state index in [1.807, 2.05) is 0 Å². The molecule has 0 fully saturated rings. The standard InChI is InChI=1S/C12H14ClNO2/c1-8(2)11(12(15)16)14-7-9-3-5-10(13)6-4-9/h3-8,11H,1-2H3,(H,15,16)/p-1/t11-/m1/s1. The maximum Gasteiger partial charge on any atom is 0.0915 e. The molecule has 1 aromatic rings. The van der Waals surface area contributed by atoms with Crippen LogP contribution in [-0.4, -0.2) is 18.2 Å². The van der Waals surface area contributed by atoms with Gasteiger partial charge in [-0.2, -0.15) is 0 Å². The number of carbonyl (C=O) groups is 1. The summed E-state index contributed by atoms with van der Waals surface area (Å²) in [5.41, 5.74) is 0.816. The fourth-order valence-corrected chi connectivity index (χ4v) is 1.35. The molecule has 4 heteroatoms. The maximum absolute atomic E-state index is 10.8. The van der Waals surface area contributed by atoms with Crippen molar-refractivity contribution in [2.24, 2.45) is 10.9 Å². The van der Waals surface area contributed by atoms with Crippen LogP contribution < -0.4 is 5.11 Å². The van der Waals surface area contributed by atoms with Gasteiger partial charge in [0.25, 0.3) is 0 Å². The van der Waals surface area contributed by atoms with Gasteiger partial charge in [-0.05, 0) is 23.6 Å². The van der Waals surface area contributed by atoms with Crippen LogP contribution >= 0.6 is 11.6 Å². The summed E-state index contributed by atoms with van der Waals surface area (Å²) in [6.45, 7) is 3.58. The fourth-order valence-electron chi connectivity index (χ4n) is 1.22. The molecule has 16 heavy (non-hydrogen) atoms. The largest absolute Gasteiger partial charge is 0.548 e. The number of hydrogen-bond donors (Lipinski definition) is 0. The molecule has 0 amide bonds. The second-order valence-electron chi connectivity index (χ2n) is 3.84. The molecule has 0 bridgehead atoms. The summed E-state index contributed by atoms with van der Waals surface area (Å²) in [4.78, 5) is 14.8. The highest BCUT2D eigenvalue weighted by molar-refractivity contribution is 6.30. The van der Waals surface area contributed by atoms with Crippen molar-refractivity contribution in [2.45, 2.75) is 19.9 Å². The predicted molar refractivity (Wildman–Crippen MR) is 62.7 cm³/mol. The summed E-state index contributed by atoms with van der Waals surface area (Å²) < 4.78 is 0. The van der Waals surface area contributed by atoms with Crippen LogP contribution in [0.4, 0.5) is 0 Å². The van der Waals surface area contributed by atoms with E-state index in [1.54, 1.807) is 38.1 Å². The predicted octanol–water partition coefficient (Wildman–Crippen LogP) is 1.53. The van der Waals surface area contributed by atoms with Gasteiger partial charge < -0.3 is 9.90 Å². The lowest BCUT2D eigenvalue weighted by Crippen LogP contribution is -2.37. The number of aliphatic carboxylic acids is 1. The van der Waals surface area contributed by atoms with Gasteiger partial charge in [-0.3, -0.25) is 4.99 Å². The molecule has 0 aliphatic rings. The van der Waals surface area contributed by atoms with Crippen molar-refractivity contribution in [2.75, 3.05) is 0 Å². The van der Waals surface area contributed by atoms with Gasteiger partial charge in [-0.1, -0.05) is 37.6 Å². The Hall–Kier alpha value is -1.35. The Labute approximate surface area is 99.8 Å². The van der Waals surface area contributed by atoms with Crippen molar-refractivity contribution >= 4 is 23.8 Å². The normalized spacial score (nSPS) is 13.2. The zero-order valence-corrected chi connectivity index (χ0v) is 9.94. The summed E-state index contributed by atoms with van der Waals surface area (Å²) in [5, 5.41) is 11.4. The van der Waals surface area contributed by atoms with Crippen LogP contribution in [0.5, 0.6) is 0 Å². The molecular formula is C12H13ClNO2-. The third kappa shape index (κ3) is 3.66. The Morgan fingerprint density at radius 2 is 1.94 bits per heavy atom. The van der Waals surface area contributed by atoms with E-state index in [2.05, 4.69) is 4.99 Å². The first-order chi connectivity index (χ1) is 7.50. The van der Waals surface area contributed by atoms with Crippen LogP contribution in [0.3, 0.4) is 0 Å². The topological polar surface area (TPSA) is 52.5 Å². The number of benzene rings is 1. The van der Waals surface area contributed by atoms with Crippen molar-refractivity contribution in [3.05, 3.63) is 34.9 Å². The second kappa shape index (κ2) is 5.66. The smallest absolute Gasteiger partial charge is 0.0915 e. The molecule has 0 radical (unpaired) electrons. The van der Waals surface area contributed by atoms with Gasteiger partial charge in [-0.15, -0.1) is 0 Å². The molecule has 0 saturated heterocycles. The first-order valence-electron chi connectivity index (χ1n) is 5.00. The summed E-state index contributed by atoms with van der Waals surface area (Å²) >= 11 is 5.73. The van der Waals surface area contributed by atoms with E-state index in [9.17, 15) is 9.90 Å². The zero-order chi connectivity index (χ0) is 12.1. The maximum atomic E-state index is 10.8. The molecule has 3 nitrogen and oxygen atoms in total. The van der Waals surface area contributed by atoms with Crippen LogP contribution in [0.15, 0.2) is 29.3 Å². The SMILES string of the molecule is CC(C)[C@@H](N=Cc1ccc(Cl)cc1)C(=O)[O-]. The van der Waals surface area contributed by atoms with Crippen molar-refractivity contribution in [1.82, 2.24) is 0 Å². The Balaban J connectivity index is 2.78. The molecule has 0 N–H and O–H groups in total. The van der Waals surface area contributed by atoms with Crippen LogP contribution in [0, 0.1) is 5.92 Å². The molecule has 0 unspecified atom stereocenters. The quantitative estimate of drug-likeness (QED) is 0.747. The van der Waals surface area contributed by atoms with Crippen molar-refractivity contribution in [3.63, 3.8) is 0 Å². The highest BCUT2D eigenvalue weighted by Crippen LogP contribution is 2.09. The molecule has 0 saturated carbocycles. The van der Waals surface area contributed by atoms with Gasteiger partial charge in [0.2, 0.25) is 0 Å². The van der Waals surface area contributed by atoms with Crippen LogP contribution in [-0.2, 0) is 4.79 Å². The lowest BCUT2D eigenvalue weighted by atomic mass is 10.1. The van der Waals surface area contributed by atoms with Crippen LogP contribution in [0.25, 0.3) is 0 Å². The molecule has 0 aromatic heterocycles. The zero-order valence-electron chi connectivity index (χ0n) is 9.18. The van der Waals surface area contributed by atoms with Gasteiger partial charge in [0.15, 0.2) is 0 Å². The number of halogens is 1. The summed E-state index contributed by atoms with van der Waals surface area (Å²) in [6.07, 6.45) is 1.52. The van der Waals surface area contributed by atoms with Crippen molar-refractivity contribution < 1.29 is 9.90 Å². The summed E-state index contributed by atoms with van der Waals surface area (Å²) in [7, 11) is 0. The van der Waals surface area contributed by atoms with E-state index < -0.39 is 12.0 Å². The average molecular weight is 239 g/mol. The molecule has 0 aliphatic carbocycles. The number of nitrogens with zero attached hydrogens (tertiary/aromatic N) is 1. The fraction of sp³-hybridized carbons (Fsp3) is 0.333. The Bertz CT molecular complexity index is 385. The van der Waals surface area contributed by atoms with E-state index in [-0.39, 0.29) is 5.92 Å². The van der Waals surface area contributed by atoms with Crippen molar-refractivity contribution in [1.29, 1.82) is 0 Å². The molecule has 0 heterocycles. The van der Waals surface area contributed by atoms with Gasteiger partial charge >= 0.3 is 0 Å². The van der Waals surface area contributed by atoms with Crippen LogP contribution in [0.1, 0.15) is 19.4 Å². The molecule has 1 aromatic carbocycles. The average Bonchev–Trinajstić information content (AvgIpc) is 2.20. The second-order valence-corrected chi connectivity index (χ2v) is 4.27. The minimum Gasteiger partial charge on any atom is -0.548 e. The highest BCUT2D eigenvalue weighted by Gasteiger charge is 2.11. The third-order valence-electron chi connectivity index (χ3n) is 2.13. The molecule has 1 atom stereocenters. The van der Waals surface area contributed by atoms with Gasteiger partial charge in [0, 0.05) is 11.2 Å². The molecule has 86 valence electrons. The molecular weight excluding hydrogens is 226 g/mol. The number of carboxylic acids is 1. The summed E-state index contributed by atoms with van der Waals surface area (Å²) in [5.74, 6) is -1.24. The lowest BCUT2D eigenvalue weighted by molar-refractivity contribution is -0.308. The van der Waals surface area contributed by atoms with Crippen molar-refractivity contribution in [3.8, 4) is 0 Å². The molecule has 0 spiro atoms. The Morgan fingerprint density at radius 3 is 2.38 bits per heavy atom. The number of carboxylic acid groups (broad SMARTS) is 1. The number of hydrogen-bond acceptors (Lipinski definition) is 3. The lowest BCUT2D eigenvalue weighted by Gasteiger charge is -2.16. The van der Waals surface area contributed by atoms with E-state index in [0.29, 0.717) is 5.02 Å². The van der Waals surface area contributed by atoms with E-state index >= 15 is 0 Å². The van der Waals surface area contributed by atoms with Gasteiger partial charge in [0.05, 0.1) is 12.0 Å². The van der Waals surface area contributed by atoms with E-state index in [1.165, 1.54) is 6.21 Å². The minimum absolute atomic E-state index is 0.0893. The monoisotopic (exact) mass is 238 g/mol. The highest BCUT2D eigenvalue weighted by atomic mass is 35.5. The molecule has 0 aliphatic heterocycles. The van der Waals surface area contributed by atoms with E-state index in [0.717, 1.165) is 5.56 Å². The first kappa shape index (κ1) is 12.7. The van der Waals surface area contributed by atoms with Gasteiger partial charge in [-0.25, -0.2) is 0 Å². The number of rotatable bonds is 4. The molecule has 1 rings (SSSR count). The third-order valence-corrected chi connectivity index (χ3v) is 2.38. The number of aliphatic imine (C=N–C) groups is 1. The number of carbonyl (C=O) groups excluding carboxylic acids is 1. The first-order valence-corrected chi connectivity index (χ1v) is 5.38. The summed E-state index contributed by atoms with van der Waals surface area (Å²) in [6, 6.07) is 6.20. The minimum atomic E-state index is -1.15. The van der Waals surface area contributed by atoms with Gasteiger partial charge in [0.1, 0.15) is 0 Å².